The van der Waals surface area contributed by atoms with Crippen LogP contribution in [0.1, 0.15) is 78.7 Å². The highest BCUT2D eigenvalue weighted by Crippen LogP contribution is 2.49. The molecule has 4 aliphatic heterocycles. The van der Waals surface area contributed by atoms with Crippen LogP contribution in [0.4, 0.5) is 31.4 Å². The SMILES string of the molecule is COc1cc2cc(c1Cl)N(C)CC[C@H](OC(=O)Nc1ccc(NC(=O)[C@H](CCCNC(N)=O)NC(=O)[C@@H](NC(=S)NCCCCN3C(=O)C=CC3=O)C(C)C)c3cccnc13)[C@]1(C)O[C@H]1[C@H](C)[C@@H]1C[C@@](O)(NC(=O)O1)[C@H](OC)/C=C/C=C(\C)C2. The Labute approximate surface area is 498 Å². The largest absolute Gasteiger partial charge is 0.495 e. The van der Waals surface area contributed by atoms with Gasteiger partial charge in [-0.2, -0.15) is 0 Å². The minimum atomic E-state index is -1.85. The zero-order valence-electron chi connectivity index (χ0n) is 48.4. The summed E-state index contributed by atoms with van der Waals surface area (Å²) in [5.41, 5.74) is 5.72. The van der Waals surface area contributed by atoms with Gasteiger partial charge >= 0.3 is 18.2 Å². The van der Waals surface area contributed by atoms with Gasteiger partial charge < -0.3 is 66.0 Å². The lowest BCUT2D eigenvalue weighted by Crippen LogP contribution is -2.63. The lowest BCUT2D eigenvalue weighted by Gasteiger charge is -2.42. The Kier molecular flexibility index (Phi) is 21.6. The molecule has 2 fully saturated rings. The van der Waals surface area contributed by atoms with E-state index in [9.17, 15) is 38.7 Å². The number of alkyl carbamates (subject to hydrolysis) is 1. The third-order valence-electron chi connectivity index (χ3n) is 15.3. The van der Waals surface area contributed by atoms with E-state index in [-0.39, 0.29) is 72.8 Å². The second kappa shape index (κ2) is 28.3. The molecule has 4 aliphatic rings. The van der Waals surface area contributed by atoms with Gasteiger partial charge in [0.25, 0.3) is 11.8 Å². The van der Waals surface area contributed by atoms with Crippen LogP contribution in [-0.4, -0.2) is 157 Å². The minimum absolute atomic E-state index is 0.0535. The fourth-order valence-electron chi connectivity index (χ4n) is 10.6. The normalized spacial score (nSPS) is 25.0. The molecule has 26 heteroatoms. The average Bonchev–Trinajstić information content (AvgIpc) is 2.66. The smallest absolute Gasteiger partial charge is 0.412 e. The Bertz CT molecular complexity index is 3060. The van der Waals surface area contributed by atoms with Crippen molar-refractivity contribution < 1.29 is 62.4 Å². The number of primary amides is 1. The first-order valence-corrected chi connectivity index (χ1v) is 28.6. The van der Waals surface area contributed by atoms with E-state index in [0.717, 1.165) is 16.0 Å². The number of nitrogens with zero attached hydrogens (tertiary/aromatic N) is 3. The molecule has 2 aromatic carbocycles. The van der Waals surface area contributed by atoms with Crippen molar-refractivity contribution in [1.29, 1.82) is 0 Å². The number of halogens is 1. The maximum atomic E-state index is 14.3. The number of rotatable bonds is 19. The van der Waals surface area contributed by atoms with Gasteiger partial charge in [0, 0.05) is 82.8 Å². The van der Waals surface area contributed by atoms with Crippen molar-refractivity contribution in [3.05, 3.63) is 89.1 Å². The van der Waals surface area contributed by atoms with Crippen LogP contribution in [0, 0.1) is 11.8 Å². The van der Waals surface area contributed by atoms with E-state index in [4.69, 9.17) is 53.2 Å². The number of epoxide rings is 1. The van der Waals surface area contributed by atoms with E-state index in [0.29, 0.717) is 59.9 Å². The number of unbranched alkanes of at least 4 members (excludes halogenated alkanes) is 1. The van der Waals surface area contributed by atoms with Crippen molar-refractivity contribution in [3.63, 3.8) is 0 Å². The fraction of sp³-hybridized carbons (Fsp3) is 0.500. The Hall–Kier alpha value is -7.58. The van der Waals surface area contributed by atoms with Crippen molar-refractivity contribution in [2.45, 2.75) is 127 Å². The summed E-state index contributed by atoms with van der Waals surface area (Å²) in [5.74, 6) is -2.17. The maximum absolute atomic E-state index is 14.3. The summed E-state index contributed by atoms with van der Waals surface area (Å²) in [5, 5.41) is 32.8. The summed E-state index contributed by atoms with van der Waals surface area (Å²) < 4.78 is 30.0. The van der Waals surface area contributed by atoms with Crippen molar-refractivity contribution in [3.8, 4) is 5.75 Å². The number of ether oxygens (including phenoxy) is 5. The number of urea groups is 1. The summed E-state index contributed by atoms with van der Waals surface area (Å²) in [6.45, 7) is 10.3. The van der Waals surface area contributed by atoms with Gasteiger partial charge in [0.1, 0.15) is 46.8 Å². The number of carbonyl (C=O) groups is 7. The Balaban J connectivity index is 1.08. The second-order valence-electron chi connectivity index (χ2n) is 21.9. The van der Waals surface area contributed by atoms with Crippen LogP contribution in [0.2, 0.25) is 5.02 Å². The van der Waals surface area contributed by atoms with Gasteiger partial charge in [-0.3, -0.25) is 39.7 Å². The second-order valence-corrected chi connectivity index (χ2v) is 22.7. The highest BCUT2D eigenvalue weighted by molar-refractivity contribution is 7.80. The van der Waals surface area contributed by atoms with E-state index in [1.807, 2.05) is 64.8 Å². The molecule has 5 heterocycles. The van der Waals surface area contributed by atoms with Crippen molar-refractivity contribution in [1.82, 2.24) is 36.5 Å². The van der Waals surface area contributed by atoms with Gasteiger partial charge in [-0.1, -0.05) is 56.2 Å². The van der Waals surface area contributed by atoms with E-state index in [1.165, 1.54) is 25.5 Å². The van der Waals surface area contributed by atoms with E-state index < -0.39 is 83.8 Å². The number of fused-ring (bicyclic) bond motifs is 6. The van der Waals surface area contributed by atoms with Gasteiger partial charge in [0.2, 0.25) is 11.8 Å². The number of carbonyl (C=O) groups excluding carboxylic acids is 7. The summed E-state index contributed by atoms with van der Waals surface area (Å²) in [6, 6.07) is 7.58. The average molecular weight is 1200 g/mol. The summed E-state index contributed by atoms with van der Waals surface area (Å²) >= 11 is 12.5. The number of aliphatic hydroxyl groups is 1. The molecule has 8 amide bonds. The monoisotopic (exact) mass is 1200 g/mol. The quantitative estimate of drug-likeness (QED) is 0.0311. The number of aromatic nitrogens is 1. The van der Waals surface area contributed by atoms with Gasteiger partial charge in [-0.25, -0.2) is 14.4 Å². The number of benzene rings is 2. The molecule has 4 bridgehead atoms. The Morgan fingerprint density at radius 1 is 1.00 bits per heavy atom. The molecule has 84 heavy (non-hydrogen) atoms. The predicted octanol–water partition coefficient (Wildman–Crippen LogP) is 5.46. The molecular weight excluding hydrogens is 1130 g/mol. The van der Waals surface area contributed by atoms with Crippen LogP contribution in [0.25, 0.3) is 10.9 Å². The van der Waals surface area contributed by atoms with Gasteiger partial charge in [-0.05, 0) is 106 Å². The maximum Gasteiger partial charge on any atom is 0.412 e. The Morgan fingerprint density at radius 3 is 2.43 bits per heavy atom. The van der Waals surface area contributed by atoms with Gasteiger partial charge in [0.05, 0.1) is 35.8 Å². The van der Waals surface area contributed by atoms with Gasteiger partial charge in [-0.15, -0.1) is 0 Å². The molecule has 9 atom stereocenters. The highest BCUT2D eigenvalue weighted by Gasteiger charge is 2.64. The number of hydrogen-bond acceptors (Lipinski definition) is 16. The van der Waals surface area contributed by atoms with Gasteiger partial charge in [0.15, 0.2) is 10.8 Å². The number of thiocarbonyl (C=S) groups is 1. The first-order chi connectivity index (χ1) is 39.9. The Morgan fingerprint density at radius 2 is 1.73 bits per heavy atom. The fourth-order valence-corrected chi connectivity index (χ4v) is 11.2. The summed E-state index contributed by atoms with van der Waals surface area (Å²) in [7, 11) is 4.85. The molecule has 0 radical (unpaired) electrons. The zero-order valence-corrected chi connectivity index (χ0v) is 49.9. The number of nitrogens with one attached hydrogen (secondary N) is 7. The summed E-state index contributed by atoms with van der Waals surface area (Å²) in [6.07, 6.45) is 6.43. The predicted molar refractivity (Wildman–Crippen MR) is 319 cm³/mol. The minimum Gasteiger partial charge on any atom is -0.495 e. The molecule has 1 aromatic heterocycles. The molecule has 0 spiro atoms. The third-order valence-corrected chi connectivity index (χ3v) is 16.0. The number of hydrogen-bond donors (Lipinski definition) is 9. The van der Waals surface area contributed by atoms with Crippen LogP contribution < -0.4 is 52.6 Å². The van der Waals surface area contributed by atoms with Crippen molar-refractivity contribution in [2.24, 2.45) is 17.6 Å². The van der Waals surface area contributed by atoms with Crippen molar-refractivity contribution in [2.75, 3.05) is 63.0 Å². The standard InChI is InChI=1S/C58H76ClN11O13S/c1-32(2)48(67-54(84)63-23-9-10-26-70-45(71)20-21-46(70)72)52(74)65-39(16-13-25-62-53(60)75)51(73)64-37-18-19-38(49-36(37)15-12-24-61-49)66-55(76)82-43-22-27-69(6)40-29-35(30-41(79-7)47(40)59)28-33(3)14-11-17-44(80-8)58(78)31-42(81-56(77)68-58)34(4)50-57(43,5)83-50/h11-12,14-15,17-21,24,29-30,32,34,39,42-44,48,50,78H,9-10,13,16,22-23,25-28,31H2,1-8H3,(H,64,73)(H,65,74)(H,66,76)(H,68,77)(H3,60,62,75)(H2,63,67,84)/b17-11+,33-14+/t34-,39+,42+,43+,44-,48+,50+,57+,58+/m1/s1. The first-order valence-electron chi connectivity index (χ1n) is 27.9. The lowest BCUT2D eigenvalue weighted by atomic mass is 9.83. The number of amides is 8. The van der Waals surface area contributed by atoms with E-state index in [1.54, 1.807) is 43.5 Å². The number of allylic oxidation sites excluding steroid dienone is 3. The van der Waals surface area contributed by atoms with Crippen LogP contribution in [-0.2, 0) is 44.5 Å². The van der Waals surface area contributed by atoms with E-state index in [2.05, 4.69) is 42.2 Å². The van der Waals surface area contributed by atoms with E-state index >= 15 is 0 Å². The number of nitrogens with two attached hydrogens (primary N) is 1. The highest BCUT2D eigenvalue weighted by atomic mass is 35.5. The molecule has 2 saturated heterocycles. The lowest BCUT2D eigenvalue weighted by molar-refractivity contribution is -0.142. The number of pyridine rings is 1. The molecule has 24 nitrogen and oxygen atoms in total. The molecule has 0 aliphatic carbocycles. The van der Waals surface area contributed by atoms with Crippen LogP contribution in [0.5, 0.6) is 5.75 Å². The molecular formula is C58H76ClN11O13S. The van der Waals surface area contributed by atoms with Crippen LogP contribution in [0.15, 0.2) is 78.5 Å². The zero-order chi connectivity index (χ0) is 61.0. The van der Waals surface area contributed by atoms with Crippen LogP contribution in [0.3, 0.4) is 0 Å². The molecule has 10 N–H and O–H groups in total. The number of anilines is 3. The number of methoxy groups -OCH3 is 2. The summed E-state index contributed by atoms with van der Waals surface area (Å²) in [4.78, 5) is 98.8. The van der Waals surface area contributed by atoms with Crippen molar-refractivity contribution >= 4 is 98.7 Å². The molecule has 3 aromatic rings. The molecule has 0 unspecified atom stereocenters. The van der Waals surface area contributed by atoms with Crippen LogP contribution >= 0.6 is 23.8 Å². The third kappa shape index (κ3) is 16.0. The topological polar surface area (TPSA) is 319 Å². The molecule has 454 valence electrons. The molecule has 0 saturated carbocycles. The molecule has 7 rings (SSSR count). The first kappa shape index (κ1) is 64.0. The number of imide groups is 1.